The van der Waals surface area contributed by atoms with Crippen LogP contribution in [0.25, 0.3) is 0 Å². The summed E-state index contributed by atoms with van der Waals surface area (Å²) in [4.78, 5) is 0. The van der Waals surface area contributed by atoms with Crippen LogP contribution in [0, 0.1) is 5.92 Å². The number of hydrogen-bond acceptors (Lipinski definition) is 18. The smallest absolute Gasteiger partial charge is 0.187 e. The molecule has 0 bridgehead atoms. The van der Waals surface area contributed by atoms with E-state index in [2.05, 4.69) is 0 Å². The zero-order valence-corrected chi connectivity index (χ0v) is 24.4. The average molecular weight is 647 g/mol. The van der Waals surface area contributed by atoms with E-state index in [0.29, 0.717) is 0 Å². The number of rotatable bonds is 9. The Hall–Kier alpha value is -0.720. The Kier molecular flexibility index (Phi) is 12.3. The number of ether oxygens (including phenoxy) is 7. The summed E-state index contributed by atoms with van der Waals surface area (Å²) in [6.45, 7) is 2.17. The van der Waals surface area contributed by atoms with Crippen LogP contribution in [-0.4, -0.2) is 193 Å². The fraction of sp³-hybridized carbons (Fsp3) is 1.00. The van der Waals surface area contributed by atoms with Crippen LogP contribution in [0.2, 0.25) is 0 Å². The zero-order chi connectivity index (χ0) is 32.6. The molecule has 0 amide bonds. The normalized spacial score (nSPS) is 53.9. The van der Waals surface area contributed by atoms with Crippen molar-refractivity contribution in [3.63, 3.8) is 0 Å². The van der Waals surface area contributed by atoms with Crippen LogP contribution in [0.3, 0.4) is 0 Å². The minimum atomic E-state index is -1.84. The maximum absolute atomic E-state index is 11.2. The minimum absolute atomic E-state index is 0.661. The molecule has 11 N–H and O–H groups in total. The third-order valence-corrected chi connectivity index (χ3v) is 8.77. The predicted octanol–water partition coefficient (Wildman–Crippen LogP) is -6.38. The molecule has 258 valence electrons. The van der Waals surface area contributed by atoms with Gasteiger partial charge >= 0.3 is 0 Å². The summed E-state index contributed by atoms with van der Waals surface area (Å²) in [5.41, 5.74) is 0. The lowest BCUT2D eigenvalue weighted by Gasteiger charge is -2.50. The topological polar surface area (TPSA) is 287 Å². The first-order valence-corrected chi connectivity index (χ1v) is 14.6. The van der Waals surface area contributed by atoms with Crippen molar-refractivity contribution < 1.29 is 89.3 Å². The van der Waals surface area contributed by atoms with Crippen molar-refractivity contribution in [1.29, 1.82) is 0 Å². The lowest BCUT2D eigenvalue weighted by atomic mass is 9.91. The number of aliphatic hydroxyl groups excluding tert-OH is 11. The van der Waals surface area contributed by atoms with Gasteiger partial charge in [0, 0.05) is 5.92 Å². The van der Waals surface area contributed by atoms with Gasteiger partial charge < -0.3 is 89.3 Å². The molecular weight excluding hydrogens is 600 g/mol. The van der Waals surface area contributed by atoms with Crippen LogP contribution < -0.4 is 0 Å². The Morgan fingerprint density at radius 3 is 1.52 bits per heavy atom. The highest BCUT2D eigenvalue weighted by Gasteiger charge is 2.55. The van der Waals surface area contributed by atoms with Gasteiger partial charge in [0.1, 0.15) is 79.4 Å². The highest BCUT2D eigenvalue weighted by atomic mass is 16.8. The van der Waals surface area contributed by atoms with Crippen LogP contribution in [0.5, 0.6) is 0 Å². The van der Waals surface area contributed by atoms with Gasteiger partial charge in [-0.3, -0.25) is 0 Å². The Labute approximate surface area is 252 Å². The summed E-state index contributed by atoms with van der Waals surface area (Å²) in [7, 11) is 0. The monoisotopic (exact) mass is 646 g/mol. The van der Waals surface area contributed by atoms with Crippen molar-refractivity contribution in [3.05, 3.63) is 0 Å². The maximum atomic E-state index is 11.2. The average Bonchev–Trinajstić information content (AvgIpc) is 3.01. The fourth-order valence-electron chi connectivity index (χ4n) is 5.86. The molecule has 44 heavy (non-hydrogen) atoms. The highest BCUT2D eigenvalue weighted by Crippen LogP contribution is 2.36. The van der Waals surface area contributed by atoms with E-state index in [0.717, 1.165) is 0 Å². The molecule has 18 heteroatoms. The van der Waals surface area contributed by atoms with Crippen molar-refractivity contribution in [2.75, 3.05) is 19.8 Å². The quantitative estimate of drug-likeness (QED) is 0.111. The molecule has 0 radical (unpaired) electrons. The van der Waals surface area contributed by atoms with E-state index >= 15 is 0 Å². The SMILES string of the molecule is CC1OC(CO)[C@@H](O[C@@H]2OC(CO)[C@H](O)[C@H](O[C@H]3OC(CO)[C@H](O)[C@H](O)C3C)C2O[C@@H]2OC(C)[C@@H](O)[C@H](O)C2O)[C@H](O)C1O. The van der Waals surface area contributed by atoms with E-state index in [-0.39, 0.29) is 0 Å². The first-order chi connectivity index (χ1) is 20.7. The van der Waals surface area contributed by atoms with Gasteiger partial charge in [0.25, 0.3) is 0 Å². The Balaban J connectivity index is 1.69. The van der Waals surface area contributed by atoms with E-state index in [9.17, 15) is 56.2 Å². The van der Waals surface area contributed by atoms with E-state index in [4.69, 9.17) is 33.2 Å². The molecule has 4 saturated heterocycles. The molecule has 20 atom stereocenters. The molecule has 0 spiro atoms. The second-order valence-corrected chi connectivity index (χ2v) is 11.8. The molecule has 4 aliphatic heterocycles. The molecule has 4 heterocycles. The molecule has 0 aromatic heterocycles. The predicted molar refractivity (Wildman–Crippen MR) is 139 cm³/mol. The lowest BCUT2D eigenvalue weighted by molar-refractivity contribution is -0.399. The van der Waals surface area contributed by atoms with Crippen LogP contribution in [0.1, 0.15) is 20.8 Å². The van der Waals surface area contributed by atoms with E-state index < -0.39 is 142 Å². The van der Waals surface area contributed by atoms with Crippen LogP contribution in [0.15, 0.2) is 0 Å². The van der Waals surface area contributed by atoms with E-state index in [1.54, 1.807) is 0 Å². The van der Waals surface area contributed by atoms with Gasteiger partial charge in [0.15, 0.2) is 18.9 Å². The molecule has 18 nitrogen and oxygen atoms in total. The zero-order valence-electron chi connectivity index (χ0n) is 24.4. The summed E-state index contributed by atoms with van der Waals surface area (Å²) >= 11 is 0. The second kappa shape index (κ2) is 15.0. The molecule has 4 fully saturated rings. The molecule has 0 aromatic carbocycles. The van der Waals surface area contributed by atoms with Crippen LogP contribution >= 0.6 is 0 Å². The summed E-state index contributed by atoms with van der Waals surface area (Å²) in [6.07, 6.45) is -28.2. The van der Waals surface area contributed by atoms with Crippen molar-refractivity contribution in [3.8, 4) is 0 Å². The highest BCUT2D eigenvalue weighted by molar-refractivity contribution is 4.98. The van der Waals surface area contributed by atoms with E-state index in [1.165, 1.54) is 20.8 Å². The summed E-state index contributed by atoms with van der Waals surface area (Å²) in [6, 6.07) is 0. The van der Waals surface area contributed by atoms with Gasteiger partial charge in [-0.05, 0) is 13.8 Å². The van der Waals surface area contributed by atoms with Crippen LogP contribution in [0.4, 0.5) is 0 Å². The van der Waals surface area contributed by atoms with E-state index in [1.807, 2.05) is 0 Å². The molecule has 4 rings (SSSR count). The summed E-state index contributed by atoms with van der Waals surface area (Å²) in [5.74, 6) is -0.951. The molecular formula is C26H46O18. The van der Waals surface area contributed by atoms with Crippen molar-refractivity contribution in [2.24, 2.45) is 5.92 Å². The minimum Gasteiger partial charge on any atom is -0.394 e. The largest absolute Gasteiger partial charge is 0.394 e. The molecule has 0 aliphatic carbocycles. The Morgan fingerprint density at radius 2 is 0.909 bits per heavy atom. The molecule has 9 unspecified atom stereocenters. The summed E-state index contributed by atoms with van der Waals surface area (Å²) < 4.78 is 40.5. The first-order valence-electron chi connectivity index (χ1n) is 14.6. The summed E-state index contributed by atoms with van der Waals surface area (Å²) in [5, 5.41) is 114. The maximum Gasteiger partial charge on any atom is 0.187 e. The second-order valence-electron chi connectivity index (χ2n) is 11.8. The molecule has 0 saturated carbocycles. The van der Waals surface area contributed by atoms with Crippen LogP contribution in [-0.2, 0) is 33.2 Å². The van der Waals surface area contributed by atoms with Gasteiger partial charge in [0.05, 0.1) is 38.1 Å². The first kappa shape index (κ1) is 36.1. The fourth-order valence-corrected chi connectivity index (χ4v) is 5.86. The Morgan fingerprint density at radius 1 is 0.409 bits per heavy atom. The third kappa shape index (κ3) is 7.08. The van der Waals surface area contributed by atoms with Crippen molar-refractivity contribution >= 4 is 0 Å². The number of aliphatic hydroxyl groups is 11. The Bertz CT molecular complexity index is 897. The van der Waals surface area contributed by atoms with Gasteiger partial charge in [-0.25, -0.2) is 0 Å². The molecule has 4 aliphatic rings. The van der Waals surface area contributed by atoms with Gasteiger partial charge in [-0.2, -0.15) is 0 Å². The van der Waals surface area contributed by atoms with Gasteiger partial charge in [-0.15, -0.1) is 0 Å². The molecule has 0 aromatic rings. The third-order valence-electron chi connectivity index (χ3n) is 8.77. The lowest BCUT2D eigenvalue weighted by Crippen LogP contribution is -2.68. The van der Waals surface area contributed by atoms with Gasteiger partial charge in [0.2, 0.25) is 0 Å². The van der Waals surface area contributed by atoms with Gasteiger partial charge in [-0.1, -0.05) is 6.92 Å². The van der Waals surface area contributed by atoms with Crippen molar-refractivity contribution in [1.82, 2.24) is 0 Å². The number of hydrogen-bond donors (Lipinski definition) is 11. The standard InChI is InChI=1S/C26H46O18/c1-7-13(30)16(33)10(4-27)40-24(7)43-22-17(34)11(5-28)41-26(42-21-12(6-29)38-8(2)15(32)19(21)36)23(22)44-25-20(37)18(35)14(31)9(3)39-25/h7-37H,4-6H2,1-3H3/t7?,8?,9?,10?,11?,12?,13-,14-,15?,16+,17+,18+,19-,20?,21-,22+,23?,24-,25+,26+/m1/s1. The van der Waals surface area contributed by atoms with Crippen molar-refractivity contribution in [2.45, 2.75) is 137 Å².